The van der Waals surface area contributed by atoms with Gasteiger partial charge in [-0.05, 0) is 109 Å². The first kappa shape index (κ1) is 35.4. The number of halogens is 3. The molecule has 0 aliphatic heterocycles. The van der Waals surface area contributed by atoms with Crippen LogP contribution in [-0.4, -0.2) is 50.2 Å². The summed E-state index contributed by atoms with van der Waals surface area (Å²) in [5, 5.41) is 0.0412. The Balaban J connectivity index is 2.62. The van der Waals surface area contributed by atoms with Gasteiger partial charge in [0.25, 0.3) is 0 Å². The number of ether oxygens (including phenoxy) is 2. The van der Waals surface area contributed by atoms with Crippen molar-refractivity contribution in [2.45, 2.75) is 98.1 Å². The summed E-state index contributed by atoms with van der Waals surface area (Å²) in [6, 6.07) is 6.13. The highest BCUT2D eigenvalue weighted by Gasteiger charge is 2.37. The number of nitrogens with zero attached hydrogens (tertiary/aromatic N) is 2. The largest absolute Gasteiger partial charge is 0.458 e. The van der Waals surface area contributed by atoms with Crippen LogP contribution in [0.15, 0.2) is 33.3 Å². The smallest absolute Gasteiger partial charge is 0.414 e. The molecule has 1 aromatic carbocycles. The number of anilines is 1. The van der Waals surface area contributed by atoms with Crippen LogP contribution >= 0.6 is 31.9 Å². The molecule has 0 fully saturated rings. The molecule has 2 aromatic rings. The monoisotopic (exact) mass is 716 g/mol. The summed E-state index contributed by atoms with van der Waals surface area (Å²) in [6.07, 6.45) is -0.166. The van der Waals surface area contributed by atoms with Crippen LogP contribution in [0.5, 0.6) is 0 Å². The van der Waals surface area contributed by atoms with Crippen LogP contribution in [0.3, 0.4) is 0 Å². The molecule has 41 heavy (non-hydrogen) atoms. The Bertz CT molecular complexity index is 1230. The zero-order valence-electron chi connectivity index (χ0n) is 25.8. The lowest BCUT2D eigenvalue weighted by Crippen LogP contribution is -2.42. The van der Waals surface area contributed by atoms with Gasteiger partial charge in [-0.3, -0.25) is 4.90 Å². The number of aromatic nitrogens is 1. The maximum absolute atomic E-state index is 13.7. The summed E-state index contributed by atoms with van der Waals surface area (Å²) in [5.41, 5.74) is 0.940. The highest BCUT2D eigenvalue weighted by molar-refractivity contribution is 9.11. The molecule has 0 unspecified atom stereocenters. The van der Waals surface area contributed by atoms with E-state index in [0.29, 0.717) is 34.1 Å². The van der Waals surface area contributed by atoms with Crippen molar-refractivity contribution in [3.05, 3.63) is 56.0 Å². The quantitative estimate of drug-likeness (QED) is 0.106. The Hall–Kier alpha value is -1.82. The van der Waals surface area contributed by atoms with Crippen molar-refractivity contribution in [1.82, 2.24) is 4.98 Å². The molecule has 0 saturated carbocycles. The minimum atomic E-state index is -2.01. The third-order valence-corrected chi connectivity index (χ3v) is 12.7. The minimum Gasteiger partial charge on any atom is -0.458 e. The Morgan fingerprint density at radius 1 is 1.05 bits per heavy atom. The van der Waals surface area contributed by atoms with Gasteiger partial charge in [0.1, 0.15) is 16.0 Å². The summed E-state index contributed by atoms with van der Waals surface area (Å²) < 4.78 is 32.1. The van der Waals surface area contributed by atoms with Crippen molar-refractivity contribution in [2.75, 3.05) is 18.1 Å². The van der Waals surface area contributed by atoms with E-state index in [0.717, 1.165) is 5.56 Å². The topological polar surface area (TPSA) is 78.0 Å². The van der Waals surface area contributed by atoms with Gasteiger partial charge in [-0.2, -0.15) is 0 Å². The predicted octanol–water partition coefficient (Wildman–Crippen LogP) is 9.06. The molecule has 0 aliphatic rings. The molecule has 11 heteroatoms. The molecule has 1 amide bonds. The number of pyridine rings is 1. The van der Waals surface area contributed by atoms with Gasteiger partial charge in [0.15, 0.2) is 14.0 Å². The first-order valence-electron chi connectivity index (χ1n) is 13.7. The van der Waals surface area contributed by atoms with Gasteiger partial charge in [-0.1, -0.05) is 32.9 Å². The van der Waals surface area contributed by atoms with Gasteiger partial charge in [0.05, 0.1) is 16.3 Å². The Labute approximate surface area is 261 Å². The molecule has 0 radical (unpaired) electrons. The summed E-state index contributed by atoms with van der Waals surface area (Å²) in [6.45, 7) is 20.4. The molecule has 0 aliphatic carbocycles. The summed E-state index contributed by atoms with van der Waals surface area (Å²) in [5.74, 6) is -1.01. The van der Waals surface area contributed by atoms with Gasteiger partial charge >= 0.3 is 12.1 Å². The lowest BCUT2D eigenvalue weighted by molar-refractivity contribution is 0.0371. The molecule has 2 rings (SSSR count). The van der Waals surface area contributed by atoms with Crippen molar-refractivity contribution < 1.29 is 27.9 Å². The van der Waals surface area contributed by atoms with E-state index in [1.54, 1.807) is 46.8 Å². The normalized spacial score (nSPS) is 12.4. The Morgan fingerprint density at radius 2 is 1.63 bits per heavy atom. The first-order chi connectivity index (χ1) is 18.7. The van der Waals surface area contributed by atoms with E-state index in [9.17, 15) is 14.0 Å². The molecule has 228 valence electrons. The molecular formula is C30H43Br2FN2O5Si. The summed E-state index contributed by atoms with van der Waals surface area (Å²) >= 11 is 7.18. The molecule has 1 aromatic heterocycles. The number of carbonyl (C=O) groups is 2. The minimum absolute atomic E-state index is 0.0310. The Morgan fingerprint density at radius 3 is 2.15 bits per heavy atom. The van der Waals surface area contributed by atoms with Gasteiger partial charge in [-0.25, -0.2) is 19.0 Å². The SMILES string of the molecule is CC(C)OC(=O)c1nc(Br)c(Cc2ccc(F)cc2)c(Br)c1N(CCCO[Si](C)(C)C(C)(C)C)C(=O)OC(C)(C)C. The molecule has 0 atom stereocenters. The van der Waals surface area contributed by atoms with E-state index in [1.165, 1.54) is 17.0 Å². The highest BCUT2D eigenvalue weighted by Crippen LogP contribution is 2.39. The number of hydrogen-bond donors (Lipinski definition) is 0. The number of esters is 1. The zero-order valence-corrected chi connectivity index (χ0v) is 30.0. The zero-order chi connectivity index (χ0) is 31.3. The van der Waals surface area contributed by atoms with Gasteiger partial charge in [-0.15, -0.1) is 0 Å². The molecule has 0 spiro atoms. The van der Waals surface area contributed by atoms with Crippen LogP contribution in [0.2, 0.25) is 18.1 Å². The molecule has 0 saturated heterocycles. The van der Waals surface area contributed by atoms with E-state index >= 15 is 0 Å². The van der Waals surface area contributed by atoms with E-state index < -0.39 is 32.1 Å². The molecule has 7 nitrogen and oxygen atoms in total. The van der Waals surface area contributed by atoms with Crippen molar-refractivity contribution in [3.8, 4) is 0 Å². The van der Waals surface area contributed by atoms with Gasteiger partial charge in [0.2, 0.25) is 0 Å². The maximum Gasteiger partial charge on any atom is 0.414 e. The standard InChI is InChI=1S/C30H43Br2FN2O5Si/c1-19(2)39-27(36)24-25(23(31)22(26(32)34-24)18-20-12-14-21(33)15-13-20)35(28(37)40-29(3,4)5)16-11-17-38-41(9,10)30(6,7)8/h12-15,19H,11,16-18H2,1-10H3. The number of benzene rings is 1. The van der Waals surface area contributed by atoms with Crippen LogP contribution in [0.1, 0.15) is 83.4 Å². The first-order valence-corrected chi connectivity index (χ1v) is 18.2. The molecular weight excluding hydrogens is 675 g/mol. The molecule has 0 bridgehead atoms. The summed E-state index contributed by atoms with van der Waals surface area (Å²) in [4.78, 5) is 33.0. The third-order valence-electron chi connectivity index (χ3n) is 6.67. The van der Waals surface area contributed by atoms with Crippen LogP contribution in [-0.2, 0) is 20.3 Å². The maximum atomic E-state index is 13.7. The van der Waals surface area contributed by atoms with Crippen molar-refractivity contribution in [3.63, 3.8) is 0 Å². The second-order valence-electron chi connectivity index (χ2n) is 12.7. The lowest BCUT2D eigenvalue weighted by atomic mass is 10.0. The van der Waals surface area contributed by atoms with E-state index in [2.05, 4.69) is 70.7 Å². The van der Waals surface area contributed by atoms with E-state index in [-0.39, 0.29) is 28.8 Å². The van der Waals surface area contributed by atoms with E-state index in [4.69, 9.17) is 13.9 Å². The fourth-order valence-electron chi connectivity index (χ4n) is 3.55. The van der Waals surface area contributed by atoms with E-state index in [1.807, 2.05) is 0 Å². The number of rotatable bonds is 10. The lowest BCUT2D eigenvalue weighted by Gasteiger charge is -2.36. The number of hydrogen-bond acceptors (Lipinski definition) is 6. The van der Waals surface area contributed by atoms with Crippen LogP contribution in [0.25, 0.3) is 0 Å². The molecule has 1 heterocycles. The number of amides is 1. The predicted molar refractivity (Wildman–Crippen MR) is 171 cm³/mol. The average Bonchev–Trinajstić information content (AvgIpc) is 2.81. The van der Waals surface area contributed by atoms with Crippen molar-refractivity contribution in [1.29, 1.82) is 0 Å². The second-order valence-corrected chi connectivity index (χ2v) is 19.1. The van der Waals surface area contributed by atoms with Gasteiger partial charge in [0, 0.05) is 25.1 Å². The van der Waals surface area contributed by atoms with Crippen molar-refractivity contribution in [2.24, 2.45) is 0 Å². The molecule has 0 N–H and O–H groups in total. The van der Waals surface area contributed by atoms with Crippen molar-refractivity contribution >= 4 is 57.9 Å². The van der Waals surface area contributed by atoms with Crippen LogP contribution in [0.4, 0.5) is 14.9 Å². The fourth-order valence-corrected chi connectivity index (χ4v) is 6.15. The average molecular weight is 719 g/mol. The number of carbonyl (C=O) groups excluding carboxylic acids is 2. The van der Waals surface area contributed by atoms with Crippen LogP contribution < -0.4 is 4.90 Å². The third kappa shape index (κ3) is 10.1. The van der Waals surface area contributed by atoms with Gasteiger partial charge < -0.3 is 13.9 Å². The Kier molecular flexibility index (Phi) is 12.2. The summed E-state index contributed by atoms with van der Waals surface area (Å²) in [7, 11) is -2.01. The van der Waals surface area contributed by atoms with Crippen LogP contribution in [0, 0.1) is 5.82 Å². The second kappa shape index (κ2) is 14.1. The highest BCUT2D eigenvalue weighted by atomic mass is 79.9. The fraction of sp³-hybridized carbons (Fsp3) is 0.567.